The van der Waals surface area contributed by atoms with Gasteiger partial charge in [0.15, 0.2) is 0 Å². The van der Waals surface area contributed by atoms with Crippen LogP contribution in [0.15, 0.2) is 6.07 Å². The minimum absolute atomic E-state index is 0.398. The van der Waals surface area contributed by atoms with Crippen LogP contribution in [0.3, 0.4) is 0 Å². The van der Waals surface area contributed by atoms with Gasteiger partial charge in [-0.1, -0.05) is 6.92 Å². The highest BCUT2D eigenvalue weighted by Crippen LogP contribution is 2.25. The predicted octanol–water partition coefficient (Wildman–Crippen LogP) is 2.78. The Hall–Kier alpha value is -1.95. The van der Waals surface area contributed by atoms with Crippen LogP contribution in [0.25, 0.3) is 0 Å². The molecule has 1 aliphatic heterocycles. The molecule has 6 heteroatoms. The van der Waals surface area contributed by atoms with Crippen molar-refractivity contribution < 1.29 is 4.74 Å². The maximum absolute atomic E-state index is 5.48. The molecule has 1 unspecified atom stereocenters. The maximum atomic E-state index is 5.48. The highest BCUT2D eigenvalue weighted by Gasteiger charge is 2.20. The van der Waals surface area contributed by atoms with E-state index in [9.17, 15) is 0 Å². The molecule has 1 fully saturated rings. The number of anilines is 1. The number of nitrogens with zero attached hydrogens (tertiary/aromatic N) is 4. The molecule has 1 atom stereocenters. The van der Waals surface area contributed by atoms with Gasteiger partial charge in [0.25, 0.3) is 0 Å². The normalized spacial score (nSPS) is 17.4. The lowest BCUT2D eigenvalue weighted by Crippen LogP contribution is -2.15. The van der Waals surface area contributed by atoms with Crippen LogP contribution in [0.4, 0.5) is 5.82 Å². The minimum atomic E-state index is 0.398. The summed E-state index contributed by atoms with van der Waals surface area (Å²) in [6.07, 6.45) is 2.07. The molecule has 130 valence electrons. The number of hydrogen-bond donors (Lipinski definition) is 1. The summed E-state index contributed by atoms with van der Waals surface area (Å²) < 4.78 is 7.56. The van der Waals surface area contributed by atoms with Gasteiger partial charge in [0.2, 0.25) is 0 Å². The summed E-state index contributed by atoms with van der Waals surface area (Å²) in [6.45, 7) is 11.6. The van der Waals surface area contributed by atoms with E-state index < -0.39 is 0 Å². The lowest BCUT2D eigenvalue weighted by atomic mass is 10.0. The first kappa shape index (κ1) is 16.9. The summed E-state index contributed by atoms with van der Waals surface area (Å²) >= 11 is 0. The standard InChI is InChI=1S/C18H27N5O/c1-5-16-12(2)22-23(13(16)3)8-7-19-18-10-17(20-14(4)21-18)15-6-9-24-11-15/h10,15H,5-9,11H2,1-4H3,(H,19,20,21). The lowest BCUT2D eigenvalue weighted by Gasteiger charge is -2.12. The Balaban J connectivity index is 1.64. The van der Waals surface area contributed by atoms with Crippen molar-refractivity contribution in [3.63, 3.8) is 0 Å². The van der Waals surface area contributed by atoms with Crippen LogP contribution in [0, 0.1) is 20.8 Å². The Bertz CT molecular complexity index is 704. The number of hydrogen-bond acceptors (Lipinski definition) is 5. The van der Waals surface area contributed by atoms with Crippen molar-refractivity contribution in [1.82, 2.24) is 19.7 Å². The van der Waals surface area contributed by atoms with E-state index in [4.69, 9.17) is 4.74 Å². The molecule has 0 amide bonds. The number of rotatable bonds is 6. The molecule has 3 heterocycles. The maximum Gasteiger partial charge on any atom is 0.129 e. The molecule has 1 aliphatic rings. The molecule has 1 saturated heterocycles. The number of nitrogens with one attached hydrogen (secondary N) is 1. The Morgan fingerprint density at radius 3 is 2.79 bits per heavy atom. The summed E-state index contributed by atoms with van der Waals surface area (Å²) in [5, 5.41) is 8.06. The predicted molar refractivity (Wildman–Crippen MR) is 94.5 cm³/mol. The molecule has 0 bridgehead atoms. The Kier molecular flexibility index (Phi) is 5.14. The fourth-order valence-electron chi connectivity index (χ4n) is 3.41. The second-order valence-electron chi connectivity index (χ2n) is 6.44. The molecule has 0 radical (unpaired) electrons. The van der Waals surface area contributed by atoms with Crippen LogP contribution >= 0.6 is 0 Å². The molecule has 3 rings (SSSR count). The average Bonchev–Trinajstić information content (AvgIpc) is 3.16. The third kappa shape index (κ3) is 3.59. The smallest absolute Gasteiger partial charge is 0.129 e. The molecule has 2 aromatic heterocycles. The summed E-state index contributed by atoms with van der Waals surface area (Å²) in [7, 11) is 0. The van der Waals surface area contributed by atoms with Gasteiger partial charge in [0.1, 0.15) is 11.6 Å². The van der Waals surface area contributed by atoms with E-state index in [1.165, 1.54) is 11.3 Å². The molecule has 0 spiro atoms. The summed E-state index contributed by atoms with van der Waals surface area (Å²) in [4.78, 5) is 9.08. The first-order valence-electron chi connectivity index (χ1n) is 8.78. The summed E-state index contributed by atoms with van der Waals surface area (Å²) in [5.74, 6) is 2.10. The van der Waals surface area contributed by atoms with Crippen molar-refractivity contribution in [2.45, 2.75) is 53.0 Å². The second-order valence-corrected chi connectivity index (χ2v) is 6.44. The molecule has 24 heavy (non-hydrogen) atoms. The van der Waals surface area contributed by atoms with Crippen LogP contribution in [0.2, 0.25) is 0 Å². The van der Waals surface area contributed by atoms with Gasteiger partial charge in [-0.15, -0.1) is 0 Å². The first-order valence-corrected chi connectivity index (χ1v) is 8.78. The molecule has 6 nitrogen and oxygen atoms in total. The molecule has 0 aromatic carbocycles. The van der Waals surface area contributed by atoms with Gasteiger partial charge in [0.05, 0.1) is 24.5 Å². The van der Waals surface area contributed by atoms with Crippen molar-refractivity contribution in [3.05, 3.63) is 34.5 Å². The van der Waals surface area contributed by atoms with Gasteiger partial charge in [0, 0.05) is 30.8 Å². The zero-order valence-corrected chi connectivity index (χ0v) is 15.1. The van der Waals surface area contributed by atoms with Gasteiger partial charge in [-0.3, -0.25) is 4.68 Å². The monoisotopic (exact) mass is 329 g/mol. The minimum Gasteiger partial charge on any atom is -0.381 e. The molecule has 0 aliphatic carbocycles. The van der Waals surface area contributed by atoms with Gasteiger partial charge >= 0.3 is 0 Å². The van der Waals surface area contributed by atoms with Crippen LogP contribution in [-0.2, 0) is 17.7 Å². The third-order valence-corrected chi connectivity index (χ3v) is 4.72. The quantitative estimate of drug-likeness (QED) is 0.883. The van der Waals surface area contributed by atoms with Gasteiger partial charge in [-0.2, -0.15) is 5.10 Å². The lowest BCUT2D eigenvalue weighted by molar-refractivity contribution is 0.193. The number of ether oxygens (including phenoxy) is 1. The molecule has 0 saturated carbocycles. The highest BCUT2D eigenvalue weighted by molar-refractivity contribution is 5.37. The van der Waals surface area contributed by atoms with Crippen LogP contribution in [0.1, 0.15) is 47.7 Å². The molecule has 1 N–H and O–H groups in total. The Morgan fingerprint density at radius 1 is 1.29 bits per heavy atom. The van der Waals surface area contributed by atoms with Gasteiger partial charge in [-0.05, 0) is 39.2 Å². The zero-order valence-electron chi connectivity index (χ0n) is 15.1. The van der Waals surface area contributed by atoms with E-state index in [0.29, 0.717) is 5.92 Å². The van der Waals surface area contributed by atoms with Crippen LogP contribution in [0.5, 0.6) is 0 Å². The van der Waals surface area contributed by atoms with E-state index in [2.05, 4.69) is 51.9 Å². The van der Waals surface area contributed by atoms with E-state index in [1.54, 1.807) is 0 Å². The SMILES string of the molecule is CCc1c(C)nn(CCNc2cc(C3CCOC3)nc(C)n2)c1C. The van der Waals surface area contributed by atoms with Crippen molar-refractivity contribution in [1.29, 1.82) is 0 Å². The van der Waals surface area contributed by atoms with E-state index >= 15 is 0 Å². The Labute approximate surface area is 143 Å². The molecule has 2 aromatic rings. The van der Waals surface area contributed by atoms with Crippen molar-refractivity contribution in [2.75, 3.05) is 25.1 Å². The fraction of sp³-hybridized carbons (Fsp3) is 0.611. The van der Waals surface area contributed by atoms with Gasteiger partial charge < -0.3 is 10.1 Å². The van der Waals surface area contributed by atoms with Crippen molar-refractivity contribution in [3.8, 4) is 0 Å². The largest absolute Gasteiger partial charge is 0.381 e. The van der Waals surface area contributed by atoms with Crippen molar-refractivity contribution >= 4 is 5.82 Å². The van der Waals surface area contributed by atoms with E-state index in [1.807, 2.05) is 6.92 Å². The van der Waals surface area contributed by atoms with Crippen LogP contribution in [-0.4, -0.2) is 39.5 Å². The fourth-order valence-corrected chi connectivity index (χ4v) is 3.41. The first-order chi connectivity index (χ1) is 11.6. The van der Waals surface area contributed by atoms with E-state index in [0.717, 1.165) is 62.2 Å². The van der Waals surface area contributed by atoms with Crippen molar-refractivity contribution in [2.24, 2.45) is 0 Å². The highest BCUT2D eigenvalue weighted by atomic mass is 16.5. The van der Waals surface area contributed by atoms with Gasteiger partial charge in [-0.25, -0.2) is 9.97 Å². The molecular formula is C18H27N5O. The van der Waals surface area contributed by atoms with Crippen LogP contribution < -0.4 is 5.32 Å². The summed E-state index contributed by atoms with van der Waals surface area (Å²) in [5.41, 5.74) is 4.84. The van der Waals surface area contributed by atoms with E-state index in [-0.39, 0.29) is 0 Å². The molecular weight excluding hydrogens is 302 g/mol. The second kappa shape index (κ2) is 7.30. The third-order valence-electron chi connectivity index (χ3n) is 4.72. The topological polar surface area (TPSA) is 64.9 Å². The zero-order chi connectivity index (χ0) is 17.1. The number of aryl methyl sites for hydroxylation is 2. The Morgan fingerprint density at radius 2 is 2.12 bits per heavy atom. The average molecular weight is 329 g/mol. The summed E-state index contributed by atoms with van der Waals surface area (Å²) in [6, 6.07) is 2.06. The number of aromatic nitrogens is 4.